The summed E-state index contributed by atoms with van der Waals surface area (Å²) >= 11 is 0. The van der Waals surface area contributed by atoms with E-state index in [2.05, 4.69) is 17.0 Å². The first kappa shape index (κ1) is 18.5. The lowest BCUT2D eigenvalue weighted by atomic mass is 9.81. The number of nitrogens with zero attached hydrogens (tertiary/aromatic N) is 1. The Balaban J connectivity index is 1.85. The highest BCUT2D eigenvalue weighted by atomic mass is 16.4. The van der Waals surface area contributed by atoms with E-state index in [0.29, 0.717) is 32.1 Å². The van der Waals surface area contributed by atoms with E-state index in [1.54, 1.807) is 0 Å². The molecular weight excluding hydrogens is 307 g/mol. The third-order valence-corrected chi connectivity index (χ3v) is 4.41. The van der Waals surface area contributed by atoms with E-state index < -0.39 is 18.6 Å². The average Bonchev–Trinajstić information content (AvgIpc) is 2.94. The van der Waals surface area contributed by atoms with Crippen LogP contribution in [0, 0.1) is 0 Å². The quantitative estimate of drug-likeness (QED) is 0.392. The molecule has 130 valence electrons. The highest BCUT2D eigenvalue weighted by Crippen LogP contribution is 2.21. The molecule has 0 fully saturated rings. The minimum Gasteiger partial charge on any atom is -0.480 e. The second-order valence-electron chi connectivity index (χ2n) is 6.42. The molecule has 0 aliphatic rings. The molecule has 0 amide bonds. The zero-order valence-corrected chi connectivity index (χ0v) is 13.8. The number of carbonyl (C=O) groups is 1. The lowest BCUT2D eigenvalue weighted by molar-refractivity contribution is -0.144. The number of rotatable bonds is 10. The van der Waals surface area contributed by atoms with Gasteiger partial charge in [0.2, 0.25) is 0 Å². The van der Waals surface area contributed by atoms with Crippen molar-refractivity contribution in [2.24, 2.45) is 5.73 Å². The highest BCUT2D eigenvalue weighted by molar-refractivity contribution is 6.40. The summed E-state index contributed by atoms with van der Waals surface area (Å²) in [5.41, 5.74) is 4.81. The Morgan fingerprint density at radius 3 is 2.21 bits per heavy atom. The fourth-order valence-corrected chi connectivity index (χ4v) is 2.95. The molecule has 1 aromatic heterocycles. The van der Waals surface area contributed by atoms with Gasteiger partial charge in [-0.05, 0) is 36.4 Å². The monoisotopic (exact) mass is 332 g/mol. The van der Waals surface area contributed by atoms with Gasteiger partial charge in [-0.1, -0.05) is 37.1 Å². The fraction of sp³-hybridized carbons (Fsp3) is 0.471. The van der Waals surface area contributed by atoms with Gasteiger partial charge in [-0.3, -0.25) is 4.79 Å². The Bertz CT molecular complexity index is 640. The third kappa shape index (κ3) is 5.09. The van der Waals surface area contributed by atoms with Crippen LogP contribution in [0.2, 0.25) is 6.32 Å². The summed E-state index contributed by atoms with van der Waals surface area (Å²) in [5, 5.41) is 29.4. The van der Waals surface area contributed by atoms with Crippen molar-refractivity contribution in [1.29, 1.82) is 0 Å². The van der Waals surface area contributed by atoms with Gasteiger partial charge in [-0.2, -0.15) is 0 Å². The topological polar surface area (TPSA) is 109 Å². The standard InChI is InChI=1S/C17H25BN2O4/c19-17(16(21)22,8-3-4-10-18(23)24)9-5-11-20-12-14-6-1-2-7-15(14)13-20/h1-2,6-7,12-13,23-24H,3-5,8-11,19H2,(H,21,22). The predicted molar refractivity (Wildman–Crippen MR) is 94.6 cm³/mol. The molecule has 1 unspecified atom stereocenters. The summed E-state index contributed by atoms with van der Waals surface area (Å²) in [4.78, 5) is 11.5. The number of fused-ring (bicyclic) bond motifs is 1. The highest BCUT2D eigenvalue weighted by Gasteiger charge is 2.32. The van der Waals surface area contributed by atoms with Crippen LogP contribution in [0.3, 0.4) is 0 Å². The number of hydrogen-bond acceptors (Lipinski definition) is 4. The van der Waals surface area contributed by atoms with Crippen molar-refractivity contribution < 1.29 is 19.9 Å². The van der Waals surface area contributed by atoms with Gasteiger partial charge in [0.1, 0.15) is 5.54 Å². The maximum atomic E-state index is 11.5. The zero-order chi connectivity index (χ0) is 17.6. The van der Waals surface area contributed by atoms with Crippen molar-refractivity contribution in [3.63, 3.8) is 0 Å². The molecule has 0 saturated carbocycles. The van der Waals surface area contributed by atoms with E-state index in [1.165, 1.54) is 0 Å². The molecule has 2 rings (SSSR count). The Kier molecular flexibility index (Phi) is 6.42. The molecule has 24 heavy (non-hydrogen) atoms. The van der Waals surface area contributed by atoms with Gasteiger partial charge in [0.15, 0.2) is 0 Å². The molecule has 1 aromatic carbocycles. The lowest BCUT2D eigenvalue weighted by Gasteiger charge is -2.24. The minimum absolute atomic E-state index is 0.242. The Morgan fingerprint density at radius 2 is 1.67 bits per heavy atom. The Hall–Kier alpha value is -1.83. The summed E-state index contributed by atoms with van der Waals surface area (Å²) in [6, 6.07) is 8.08. The first-order valence-corrected chi connectivity index (χ1v) is 8.34. The van der Waals surface area contributed by atoms with E-state index in [1.807, 2.05) is 24.3 Å². The number of hydrogen-bond donors (Lipinski definition) is 4. The van der Waals surface area contributed by atoms with Crippen LogP contribution in [0.4, 0.5) is 0 Å². The van der Waals surface area contributed by atoms with Crippen LogP contribution in [-0.2, 0) is 11.3 Å². The Morgan fingerprint density at radius 1 is 1.08 bits per heavy atom. The Labute approximate surface area is 142 Å². The fourth-order valence-electron chi connectivity index (χ4n) is 2.95. The van der Waals surface area contributed by atoms with Crippen LogP contribution in [0.25, 0.3) is 10.8 Å². The predicted octanol–water partition coefficient (Wildman–Crippen LogP) is 1.85. The molecule has 0 saturated heterocycles. The molecule has 6 nitrogen and oxygen atoms in total. The molecule has 7 heteroatoms. The smallest absolute Gasteiger partial charge is 0.451 e. The molecule has 2 aromatic rings. The van der Waals surface area contributed by atoms with Crippen LogP contribution in [0.1, 0.15) is 32.1 Å². The van der Waals surface area contributed by atoms with Crippen molar-refractivity contribution in [3.05, 3.63) is 36.7 Å². The summed E-state index contributed by atoms with van der Waals surface area (Å²) in [6.45, 7) is 0.719. The summed E-state index contributed by atoms with van der Waals surface area (Å²) in [7, 11) is -1.34. The molecule has 1 atom stereocenters. The summed E-state index contributed by atoms with van der Waals surface area (Å²) in [5.74, 6) is -0.996. The number of aromatic nitrogens is 1. The number of unbranched alkanes of at least 4 members (excludes halogenated alkanes) is 1. The lowest BCUT2D eigenvalue weighted by Crippen LogP contribution is -2.48. The van der Waals surface area contributed by atoms with E-state index in [-0.39, 0.29) is 6.32 Å². The molecule has 0 aliphatic heterocycles. The third-order valence-electron chi connectivity index (χ3n) is 4.41. The number of carboxylic acid groups (broad SMARTS) is 1. The minimum atomic E-state index is -1.34. The molecule has 0 radical (unpaired) electrons. The number of aliphatic carboxylic acids is 1. The second kappa shape index (κ2) is 8.33. The first-order valence-electron chi connectivity index (χ1n) is 8.34. The van der Waals surface area contributed by atoms with Gasteiger partial charge < -0.3 is 25.5 Å². The number of carboxylic acids is 1. The zero-order valence-electron chi connectivity index (χ0n) is 13.8. The van der Waals surface area contributed by atoms with Crippen LogP contribution in [0.15, 0.2) is 36.7 Å². The van der Waals surface area contributed by atoms with Crippen molar-refractivity contribution >= 4 is 23.9 Å². The maximum absolute atomic E-state index is 11.5. The normalized spacial score (nSPS) is 13.8. The number of aryl methyl sites for hydroxylation is 1. The SMILES string of the molecule is NC(CCCCB(O)O)(CCCn1cc2ccccc2c1)C(=O)O. The van der Waals surface area contributed by atoms with E-state index in [4.69, 9.17) is 15.8 Å². The van der Waals surface area contributed by atoms with Gasteiger partial charge in [0.25, 0.3) is 0 Å². The second-order valence-corrected chi connectivity index (χ2v) is 6.42. The maximum Gasteiger partial charge on any atom is 0.451 e. The van der Waals surface area contributed by atoms with E-state index in [9.17, 15) is 9.90 Å². The van der Waals surface area contributed by atoms with Crippen LogP contribution < -0.4 is 5.73 Å². The van der Waals surface area contributed by atoms with Crippen molar-refractivity contribution in [1.82, 2.24) is 4.57 Å². The number of benzene rings is 1. The van der Waals surface area contributed by atoms with Crippen LogP contribution in [-0.4, -0.2) is 38.3 Å². The van der Waals surface area contributed by atoms with Crippen molar-refractivity contribution in [2.75, 3.05) is 0 Å². The van der Waals surface area contributed by atoms with Gasteiger partial charge in [-0.25, -0.2) is 0 Å². The van der Waals surface area contributed by atoms with Crippen LogP contribution >= 0.6 is 0 Å². The molecule has 0 bridgehead atoms. The summed E-state index contributed by atoms with van der Waals surface area (Å²) < 4.78 is 2.06. The largest absolute Gasteiger partial charge is 0.480 e. The average molecular weight is 332 g/mol. The first-order chi connectivity index (χ1) is 11.4. The van der Waals surface area contributed by atoms with E-state index >= 15 is 0 Å². The molecule has 0 spiro atoms. The van der Waals surface area contributed by atoms with Crippen LogP contribution in [0.5, 0.6) is 0 Å². The van der Waals surface area contributed by atoms with Gasteiger partial charge in [-0.15, -0.1) is 0 Å². The van der Waals surface area contributed by atoms with E-state index in [0.717, 1.165) is 17.3 Å². The molecule has 5 N–H and O–H groups in total. The van der Waals surface area contributed by atoms with Gasteiger partial charge in [0, 0.05) is 18.9 Å². The van der Waals surface area contributed by atoms with Gasteiger partial charge >= 0.3 is 13.1 Å². The molecular formula is C17H25BN2O4. The molecule has 1 heterocycles. The van der Waals surface area contributed by atoms with Crippen molar-refractivity contribution in [3.8, 4) is 0 Å². The van der Waals surface area contributed by atoms with Crippen molar-refractivity contribution in [2.45, 2.75) is 50.5 Å². The number of nitrogens with two attached hydrogens (primary N) is 1. The van der Waals surface area contributed by atoms with Gasteiger partial charge in [0.05, 0.1) is 0 Å². The molecule has 0 aliphatic carbocycles. The summed E-state index contributed by atoms with van der Waals surface area (Å²) in [6.07, 6.45) is 6.86.